The van der Waals surface area contributed by atoms with E-state index >= 15 is 0 Å². The van der Waals surface area contributed by atoms with E-state index in [9.17, 15) is 14.4 Å². The molecule has 0 aliphatic rings. The first-order valence-electron chi connectivity index (χ1n) is 23.4. The Bertz CT molecular complexity index is 1260. The van der Waals surface area contributed by atoms with Gasteiger partial charge in [-0.15, -0.1) is 0 Å². The van der Waals surface area contributed by atoms with Crippen molar-refractivity contribution in [1.82, 2.24) is 0 Å². The molecule has 0 fully saturated rings. The maximum atomic E-state index is 12.7. The van der Waals surface area contributed by atoms with Crippen molar-refractivity contribution in [3.05, 3.63) is 109 Å². The minimum atomic E-state index is -0.829. The number of esters is 3. The summed E-state index contributed by atoms with van der Waals surface area (Å²) in [4.78, 5) is 37.7. The van der Waals surface area contributed by atoms with Crippen LogP contribution in [0.3, 0.4) is 0 Å². The molecule has 0 aromatic heterocycles. The maximum absolute atomic E-state index is 12.7. The van der Waals surface area contributed by atoms with E-state index in [1.54, 1.807) is 0 Å². The number of hydrogen-bond donors (Lipinski definition) is 0. The van der Waals surface area contributed by atoms with Crippen LogP contribution in [0.4, 0.5) is 0 Å². The predicted octanol–water partition coefficient (Wildman–Crippen LogP) is 15.2. The summed E-state index contributed by atoms with van der Waals surface area (Å²) in [6.45, 7) is 6.25. The minimum absolute atomic E-state index is 0.131. The maximum Gasteiger partial charge on any atom is 0.306 e. The van der Waals surface area contributed by atoms with E-state index < -0.39 is 6.10 Å². The highest BCUT2D eigenvalue weighted by atomic mass is 16.6. The van der Waals surface area contributed by atoms with Gasteiger partial charge >= 0.3 is 17.9 Å². The Balaban J connectivity index is 4.56. The first-order valence-corrected chi connectivity index (χ1v) is 23.4. The third-order valence-electron chi connectivity index (χ3n) is 9.24. The lowest BCUT2D eigenvalue weighted by Crippen LogP contribution is -2.30. The molecule has 0 saturated carbocycles. The summed E-state index contributed by atoms with van der Waals surface area (Å²) in [7, 11) is 0. The van der Waals surface area contributed by atoms with Crippen LogP contribution >= 0.6 is 0 Å². The zero-order valence-corrected chi connectivity index (χ0v) is 37.7. The summed E-state index contributed by atoms with van der Waals surface area (Å²) in [5, 5.41) is 0. The van der Waals surface area contributed by atoms with Crippen molar-refractivity contribution in [2.75, 3.05) is 13.2 Å². The fraction of sp³-hybridized carbons (Fsp3) is 0.604. The number of rotatable bonds is 40. The normalized spacial score (nSPS) is 13.1. The van der Waals surface area contributed by atoms with Crippen LogP contribution in [0.5, 0.6) is 0 Å². The molecule has 1 unspecified atom stereocenters. The SMILES string of the molecule is CC/C=C\C/C=C\C/C=C\C/C=C\C/C=C\CCCC(=O)OCC(COC(=O)CCC/C=C\C/C=C\C/C=C\CC)OC(=O)CCCCC/C=C\CCCCCCCC. The molecular formula is C53H84O6. The lowest BCUT2D eigenvalue weighted by Gasteiger charge is -2.18. The Labute approximate surface area is 361 Å². The van der Waals surface area contributed by atoms with Crippen molar-refractivity contribution in [1.29, 1.82) is 0 Å². The smallest absolute Gasteiger partial charge is 0.306 e. The van der Waals surface area contributed by atoms with Crippen LogP contribution in [0.25, 0.3) is 0 Å². The van der Waals surface area contributed by atoms with E-state index in [0.29, 0.717) is 12.8 Å². The van der Waals surface area contributed by atoms with Crippen LogP contribution in [0.1, 0.15) is 188 Å². The molecule has 332 valence electrons. The Morgan fingerprint density at radius 1 is 0.356 bits per heavy atom. The molecule has 0 bridgehead atoms. The standard InChI is InChI=1S/C53H84O6/c1-4-7-10-13-16-19-22-24-25-26-27-29-31-34-37-40-43-46-52(55)58-49-50(48-57-51(54)45-42-39-36-33-30-21-18-15-12-9-6-3)59-53(56)47-44-41-38-35-32-28-23-20-17-14-11-8-5-2/h7,9-10,12,16,18-19,21,24-25,27-29,32-34,36-37,50H,4-6,8,11,13-15,17,20,22-23,26,30-31,35,38-49H2,1-3H3/b10-7-,12-9-,19-16-,21-18-,25-24-,29-27-,32-28-,36-33-,37-34-. The predicted molar refractivity (Wildman–Crippen MR) is 251 cm³/mol. The van der Waals surface area contributed by atoms with Gasteiger partial charge in [-0.1, -0.05) is 169 Å². The number of carbonyl (C=O) groups excluding carboxylic acids is 3. The highest BCUT2D eigenvalue weighted by molar-refractivity contribution is 5.71. The first kappa shape index (κ1) is 55.1. The van der Waals surface area contributed by atoms with E-state index in [4.69, 9.17) is 14.2 Å². The average Bonchev–Trinajstić information content (AvgIpc) is 3.23. The highest BCUT2D eigenvalue weighted by Crippen LogP contribution is 2.11. The van der Waals surface area contributed by atoms with Gasteiger partial charge in [-0.25, -0.2) is 0 Å². The van der Waals surface area contributed by atoms with E-state index in [1.165, 1.54) is 38.5 Å². The van der Waals surface area contributed by atoms with Crippen molar-refractivity contribution >= 4 is 17.9 Å². The lowest BCUT2D eigenvalue weighted by molar-refractivity contribution is -0.167. The largest absolute Gasteiger partial charge is 0.462 e. The Kier molecular flexibility index (Phi) is 43.6. The van der Waals surface area contributed by atoms with Crippen LogP contribution < -0.4 is 0 Å². The van der Waals surface area contributed by atoms with E-state index in [-0.39, 0.29) is 50.4 Å². The van der Waals surface area contributed by atoms with Crippen molar-refractivity contribution < 1.29 is 28.6 Å². The van der Waals surface area contributed by atoms with Crippen molar-refractivity contribution in [2.24, 2.45) is 0 Å². The summed E-state index contributed by atoms with van der Waals surface area (Å²) >= 11 is 0. The first-order chi connectivity index (χ1) is 29.0. The zero-order valence-electron chi connectivity index (χ0n) is 37.7. The summed E-state index contributed by atoms with van der Waals surface area (Å²) in [6.07, 6.45) is 62.3. The molecule has 0 aliphatic carbocycles. The molecule has 0 radical (unpaired) electrons. The molecule has 1 atom stereocenters. The van der Waals surface area contributed by atoms with Gasteiger partial charge in [-0.05, 0) is 109 Å². The average molecular weight is 817 g/mol. The molecule has 6 nitrogen and oxygen atoms in total. The fourth-order valence-corrected chi connectivity index (χ4v) is 5.79. The number of hydrogen-bond acceptors (Lipinski definition) is 6. The second-order valence-corrected chi connectivity index (χ2v) is 14.9. The van der Waals surface area contributed by atoms with Gasteiger partial charge in [0.15, 0.2) is 6.10 Å². The third kappa shape index (κ3) is 45.0. The molecule has 6 heteroatoms. The van der Waals surface area contributed by atoms with Crippen molar-refractivity contribution in [2.45, 2.75) is 194 Å². The highest BCUT2D eigenvalue weighted by Gasteiger charge is 2.19. The second kappa shape index (κ2) is 46.8. The number of unbranched alkanes of at least 4 members (excludes halogenated alkanes) is 11. The summed E-state index contributed by atoms with van der Waals surface area (Å²) in [6, 6.07) is 0. The van der Waals surface area contributed by atoms with Crippen molar-refractivity contribution in [3.63, 3.8) is 0 Å². The number of allylic oxidation sites excluding steroid dienone is 18. The molecule has 0 spiro atoms. The lowest BCUT2D eigenvalue weighted by atomic mass is 10.1. The topological polar surface area (TPSA) is 78.9 Å². The van der Waals surface area contributed by atoms with Gasteiger partial charge in [-0.2, -0.15) is 0 Å². The van der Waals surface area contributed by atoms with Crippen LogP contribution in [0.2, 0.25) is 0 Å². The second-order valence-electron chi connectivity index (χ2n) is 14.9. The number of carbonyl (C=O) groups is 3. The van der Waals surface area contributed by atoms with Crippen LogP contribution in [0.15, 0.2) is 109 Å². The molecular weight excluding hydrogens is 733 g/mol. The molecule has 0 aliphatic heterocycles. The third-order valence-corrected chi connectivity index (χ3v) is 9.24. The summed E-state index contributed by atoms with van der Waals surface area (Å²) in [5.41, 5.74) is 0. The molecule has 59 heavy (non-hydrogen) atoms. The van der Waals surface area contributed by atoms with Gasteiger partial charge in [0.1, 0.15) is 13.2 Å². The zero-order chi connectivity index (χ0) is 43.0. The molecule has 0 aromatic rings. The van der Waals surface area contributed by atoms with Crippen LogP contribution in [0, 0.1) is 0 Å². The Hall–Kier alpha value is -3.93. The van der Waals surface area contributed by atoms with Crippen LogP contribution in [-0.2, 0) is 28.6 Å². The van der Waals surface area contributed by atoms with Crippen LogP contribution in [-0.4, -0.2) is 37.2 Å². The Morgan fingerprint density at radius 3 is 1.10 bits per heavy atom. The Morgan fingerprint density at radius 2 is 0.678 bits per heavy atom. The molecule has 0 rings (SSSR count). The van der Waals surface area contributed by atoms with Crippen molar-refractivity contribution in [3.8, 4) is 0 Å². The fourth-order valence-electron chi connectivity index (χ4n) is 5.79. The summed E-state index contributed by atoms with van der Waals surface area (Å²) < 4.78 is 16.6. The van der Waals surface area contributed by atoms with Gasteiger partial charge in [-0.3, -0.25) is 14.4 Å². The number of ether oxygens (including phenoxy) is 3. The van der Waals surface area contributed by atoms with Gasteiger partial charge < -0.3 is 14.2 Å². The monoisotopic (exact) mass is 817 g/mol. The molecule has 0 saturated heterocycles. The quantitative estimate of drug-likeness (QED) is 0.0265. The van der Waals surface area contributed by atoms with Gasteiger partial charge in [0.2, 0.25) is 0 Å². The van der Waals surface area contributed by atoms with Gasteiger partial charge in [0, 0.05) is 19.3 Å². The molecule has 0 amide bonds. The van der Waals surface area contributed by atoms with E-state index in [1.807, 2.05) is 0 Å². The molecule has 0 N–H and O–H groups in total. The van der Waals surface area contributed by atoms with E-state index in [0.717, 1.165) is 96.3 Å². The van der Waals surface area contributed by atoms with Gasteiger partial charge in [0.05, 0.1) is 0 Å². The molecule has 0 aromatic carbocycles. The summed E-state index contributed by atoms with van der Waals surface area (Å²) in [5.74, 6) is -1.07. The minimum Gasteiger partial charge on any atom is -0.462 e. The van der Waals surface area contributed by atoms with Gasteiger partial charge in [0.25, 0.3) is 0 Å². The van der Waals surface area contributed by atoms with E-state index in [2.05, 4.69) is 130 Å². The molecule has 0 heterocycles.